The first-order valence-electron chi connectivity index (χ1n) is 8.28. The largest absolute Gasteiger partial charge is 0.340 e. The number of nitrogens with one attached hydrogen (secondary N) is 3. The third kappa shape index (κ3) is 5.05. The molecule has 3 N–H and O–H groups in total. The normalized spacial score (nSPS) is 10.2. The SMILES string of the molecule is CC(=O)Nc1ccc(NC(=O)c2ccc(Nc3ccc(F)c(Cl)c3)nc2)cc1. The van der Waals surface area contributed by atoms with Crippen LogP contribution in [0.15, 0.2) is 60.8 Å². The highest BCUT2D eigenvalue weighted by Gasteiger charge is 2.08. The zero-order valence-electron chi connectivity index (χ0n) is 14.8. The molecule has 142 valence electrons. The number of carbonyl (C=O) groups excluding carboxylic acids is 2. The molecule has 1 aromatic heterocycles. The summed E-state index contributed by atoms with van der Waals surface area (Å²) in [5, 5.41) is 8.39. The molecule has 0 saturated carbocycles. The Labute approximate surface area is 165 Å². The van der Waals surface area contributed by atoms with Crippen LogP contribution in [0, 0.1) is 5.82 Å². The average Bonchev–Trinajstić information content (AvgIpc) is 2.66. The summed E-state index contributed by atoms with van der Waals surface area (Å²) in [6, 6.07) is 14.2. The fourth-order valence-corrected chi connectivity index (χ4v) is 2.55. The van der Waals surface area contributed by atoms with Crippen LogP contribution in [-0.2, 0) is 4.79 Å². The van der Waals surface area contributed by atoms with Crippen molar-refractivity contribution >= 4 is 46.3 Å². The highest BCUT2D eigenvalue weighted by molar-refractivity contribution is 6.31. The predicted molar refractivity (Wildman–Crippen MR) is 108 cm³/mol. The van der Waals surface area contributed by atoms with Crippen LogP contribution in [0.2, 0.25) is 5.02 Å². The van der Waals surface area contributed by atoms with Crippen LogP contribution in [0.1, 0.15) is 17.3 Å². The Morgan fingerprint density at radius 1 is 0.929 bits per heavy atom. The van der Waals surface area contributed by atoms with E-state index in [0.717, 1.165) is 0 Å². The van der Waals surface area contributed by atoms with Gasteiger partial charge in [-0.3, -0.25) is 9.59 Å². The lowest BCUT2D eigenvalue weighted by molar-refractivity contribution is -0.114. The Bertz CT molecular complexity index is 1010. The topological polar surface area (TPSA) is 83.1 Å². The first kappa shape index (κ1) is 19.3. The first-order chi connectivity index (χ1) is 13.4. The van der Waals surface area contributed by atoms with Crippen molar-refractivity contribution in [2.24, 2.45) is 0 Å². The number of rotatable bonds is 5. The molecule has 0 aliphatic carbocycles. The molecule has 0 radical (unpaired) electrons. The van der Waals surface area contributed by atoms with Crippen molar-refractivity contribution in [3.8, 4) is 0 Å². The molecule has 2 aromatic carbocycles. The van der Waals surface area contributed by atoms with Gasteiger partial charge in [0.05, 0.1) is 10.6 Å². The highest BCUT2D eigenvalue weighted by atomic mass is 35.5. The third-order valence-electron chi connectivity index (χ3n) is 3.68. The van der Waals surface area contributed by atoms with Crippen LogP contribution in [0.25, 0.3) is 0 Å². The number of pyridine rings is 1. The molecule has 0 saturated heterocycles. The van der Waals surface area contributed by atoms with E-state index in [1.807, 2.05) is 0 Å². The van der Waals surface area contributed by atoms with E-state index in [9.17, 15) is 14.0 Å². The summed E-state index contributed by atoms with van der Waals surface area (Å²) in [7, 11) is 0. The fraction of sp³-hybridized carbons (Fsp3) is 0.0500. The summed E-state index contributed by atoms with van der Waals surface area (Å²) in [5.41, 5.74) is 2.18. The molecular formula is C20H16ClFN4O2. The van der Waals surface area contributed by atoms with Gasteiger partial charge < -0.3 is 16.0 Å². The molecule has 0 unspecified atom stereocenters. The zero-order valence-corrected chi connectivity index (χ0v) is 15.5. The van der Waals surface area contributed by atoms with Gasteiger partial charge in [0.2, 0.25) is 5.91 Å². The van der Waals surface area contributed by atoms with E-state index in [-0.39, 0.29) is 16.8 Å². The van der Waals surface area contributed by atoms with Crippen LogP contribution >= 0.6 is 11.6 Å². The second-order valence-electron chi connectivity index (χ2n) is 5.90. The molecule has 3 rings (SSSR count). The van der Waals surface area contributed by atoms with Crippen molar-refractivity contribution < 1.29 is 14.0 Å². The summed E-state index contributed by atoms with van der Waals surface area (Å²) < 4.78 is 13.2. The van der Waals surface area contributed by atoms with Gasteiger partial charge in [0, 0.05) is 30.2 Å². The Morgan fingerprint density at radius 3 is 2.14 bits per heavy atom. The second kappa shape index (κ2) is 8.49. The number of halogens is 2. The fourth-order valence-electron chi connectivity index (χ4n) is 2.37. The number of aromatic nitrogens is 1. The zero-order chi connectivity index (χ0) is 20.1. The van der Waals surface area contributed by atoms with Crippen molar-refractivity contribution in [3.05, 3.63) is 77.2 Å². The van der Waals surface area contributed by atoms with E-state index in [1.165, 1.54) is 31.3 Å². The molecule has 0 spiro atoms. The lowest BCUT2D eigenvalue weighted by Gasteiger charge is -2.09. The minimum Gasteiger partial charge on any atom is -0.340 e. The Hall–Kier alpha value is -3.45. The summed E-state index contributed by atoms with van der Waals surface area (Å²) in [6.45, 7) is 1.42. The second-order valence-corrected chi connectivity index (χ2v) is 6.31. The number of hydrogen-bond donors (Lipinski definition) is 3. The monoisotopic (exact) mass is 398 g/mol. The van der Waals surface area contributed by atoms with Gasteiger partial charge in [-0.1, -0.05) is 11.6 Å². The van der Waals surface area contributed by atoms with Gasteiger partial charge in [-0.15, -0.1) is 0 Å². The number of hydrogen-bond acceptors (Lipinski definition) is 4. The highest BCUT2D eigenvalue weighted by Crippen LogP contribution is 2.22. The van der Waals surface area contributed by atoms with Gasteiger partial charge >= 0.3 is 0 Å². The van der Waals surface area contributed by atoms with E-state index in [2.05, 4.69) is 20.9 Å². The minimum atomic E-state index is -0.502. The smallest absolute Gasteiger partial charge is 0.257 e. The Morgan fingerprint density at radius 2 is 1.57 bits per heavy atom. The molecule has 0 atom stereocenters. The van der Waals surface area contributed by atoms with Crippen molar-refractivity contribution in [2.75, 3.05) is 16.0 Å². The van der Waals surface area contributed by atoms with Crippen LogP contribution in [0.3, 0.4) is 0 Å². The molecular weight excluding hydrogens is 383 g/mol. The van der Waals surface area contributed by atoms with E-state index in [0.29, 0.717) is 28.4 Å². The van der Waals surface area contributed by atoms with Gasteiger partial charge in [0.1, 0.15) is 11.6 Å². The van der Waals surface area contributed by atoms with Gasteiger partial charge in [-0.2, -0.15) is 0 Å². The lowest BCUT2D eigenvalue weighted by Crippen LogP contribution is -2.12. The average molecular weight is 399 g/mol. The lowest BCUT2D eigenvalue weighted by atomic mass is 10.2. The van der Waals surface area contributed by atoms with Crippen LogP contribution in [0.5, 0.6) is 0 Å². The number of anilines is 4. The molecule has 0 aliphatic heterocycles. The maximum atomic E-state index is 13.2. The quantitative estimate of drug-likeness (QED) is 0.575. The molecule has 2 amide bonds. The minimum absolute atomic E-state index is 0.00511. The molecule has 3 aromatic rings. The summed E-state index contributed by atoms with van der Waals surface area (Å²) in [5.74, 6) is -0.508. The van der Waals surface area contributed by atoms with Crippen LogP contribution in [0.4, 0.5) is 27.3 Å². The van der Waals surface area contributed by atoms with Crippen molar-refractivity contribution in [2.45, 2.75) is 6.92 Å². The summed E-state index contributed by atoms with van der Waals surface area (Å²) in [6.07, 6.45) is 1.43. The molecule has 6 nitrogen and oxygen atoms in total. The first-order valence-corrected chi connectivity index (χ1v) is 8.65. The molecule has 0 bridgehead atoms. The van der Waals surface area contributed by atoms with Crippen molar-refractivity contribution in [1.82, 2.24) is 4.98 Å². The predicted octanol–water partition coefficient (Wildman–Crippen LogP) is 4.83. The number of nitrogens with zero attached hydrogens (tertiary/aromatic N) is 1. The number of amides is 2. The van der Waals surface area contributed by atoms with E-state index in [1.54, 1.807) is 36.4 Å². The van der Waals surface area contributed by atoms with E-state index in [4.69, 9.17) is 11.6 Å². The summed E-state index contributed by atoms with van der Waals surface area (Å²) in [4.78, 5) is 27.5. The standard InChI is InChI=1S/C20H16ClFN4O2/c1-12(27)24-14-3-5-15(6-4-14)26-20(28)13-2-9-19(23-11-13)25-16-7-8-18(22)17(21)10-16/h2-11H,1H3,(H,23,25)(H,24,27)(H,26,28). The molecule has 0 fully saturated rings. The maximum Gasteiger partial charge on any atom is 0.257 e. The molecule has 1 heterocycles. The van der Waals surface area contributed by atoms with Gasteiger partial charge in [0.15, 0.2) is 0 Å². The third-order valence-corrected chi connectivity index (χ3v) is 3.97. The molecule has 8 heteroatoms. The summed E-state index contributed by atoms with van der Waals surface area (Å²) >= 11 is 5.75. The van der Waals surface area contributed by atoms with Crippen molar-refractivity contribution in [1.29, 1.82) is 0 Å². The van der Waals surface area contributed by atoms with Crippen LogP contribution < -0.4 is 16.0 Å². The van der Waals surface area contributed by atoms with E-state index >= 15 is 0 Å². The van der Waals surface area contributed by atoms with Gasteiger partial charge in [-0.05, 0) is 54.6 Å². The maximum absolute atomic E-state index is 13.2. The molecule has 0 aliphatic rings. The van der Waals surface area contributed by atoms with Gasteiger partial charge in [0.25, 0.3) is 5.91 Å². The van der Waals surface area contributed by atoms with Crippen molar-refractivity contribution in [3.63, 3.8) is 0 Å². The number of carbonyl (C=O) groups is 2. The number of benzene rings is 2. The molecule has 28 heavy (non-hydrogen) atoms. The Balaban J connectivity index is 1.63. The van der Waals surface area contributed by atoms with E-state index < -0.39 is 5.82 Å². The van der Waals surface area contributed by atoms with Gasteiger partial charge in [-0.25, -0.2) is 9.37 Å². The Kier molecular flexibility index (Phi) is 5.86. The van der Waals surface area contributed by atoms with Crippen LogP contribution in [-0.4, -0.2) is 16.8 Å².